The first-order valence-electron chi connectivity index (χ1n) is 8.25. The summed E-state index contributed by atoms with van der Waals surface area (Å²) in [6.07, 6.45) is 4.71. The molecule has 2 heterocycles. The second-order valence-corrected chi connectivity index (χ2v) is 6.38. The molecule has 1 aliphatic heterocycles. The van der Waals surface area contributed by atoms with E-state index in [9.17, 15) is 4.79 Å². The maximum atomic E-state index is 12.5. The maximum Gasteiger partial charge on any atom is 0.227 e. The number of carbonyl (C=O) groups is 1. The van der Waals surface area contributed by atoms with Gasteiger partial charge in [0.1, 0.15) is 12.4 Å². The molecule has 0 saturated heterocycles. The molecule has 0 aliphatic carbocycles. The molecule has 2 aromatic rings. The van der Waals surface area contributed by atoms with Gasteiger partial charge in [-0.25, -0.2) is 0 Å². The summed E-state index contributed by atoms with van der Waals surface area (Å²) in [6.45, 7) is 2.53. The number of aromatic nitrogens is 1. The SMILES string of the molecule is C[C@@H](CCc1cccn1C)NC(=O)[C@@H]1COc2ccccc2C1. The van der Waals surface area contributed by atoms with E-state index in [4.69, 9.17) is 4.74 Å². The van der Waals surface area contributed by atoms with Gasteiger partial charge in [-0.05, 0) is 49.9 Å². The van der Waals surface area contributed by atoms with Crippen molar-refractivity contribution < 1.29 is 9.53 Å². The van der Waals surface area contributed by atoms with Gasteiger partial charge in [-0.3, -0.25) is 4.79 Å². The van der Waals surface area contributed by atoms with E-state index in [1.54, 1.807) is 0 Å². The van der Waals surface area contributed by atoms with Crippen LogP contribution in [0.4, 0.5) is 0 Å². The van der Waals surface area contributed by atoms with Crippen LogP contribution < -0.4 is 10.1 Å². The van der Waals surface area contributed by atoms with Crippen molar-refractivity contribution in [2.75, 3.05) is 6.61 Å². The van der Waals surface area contributed by atoms with E-state index in [2.05, 4.69) is 42.2 Å². The zero-order valence-corrected chi connectivity index (χ0v) is 13.8. The summed E-state index contributed by atoms with van der Waals surface area (Å²) in [5, 5.41) is 3.13. The highest BCUT2D eigenvalue weighted by Crippen LogP contribution is 2.26. The molecule has 0 radical (unpaired) electrons. The van der Waals surface area contributed by atoms with Gasteiger partial charge in [0.2, 0.25) is 5.91 Å². The van der Waals surface area contributed by atoms with E-state index in [0.717, 1.165) is 30.6 Å². The highest BCUT2D eigenvalue weighted by Gasteiger charge is 2.26. The van der Waals surface area contributed by atoms with Crippen molar-refractivity contribution in [2.45, 2.75) is 32.2 Å². The van der Waals surface area contributed by atoms with E-state index in [1.165, 1.54) is 5.69 Å². The minimum Gasteiger partial charge on any atom is -0.492 e. The van der Waals surface area contributed by atoms with Crippen molar-refractivity contribution in [2.24, 2.45) is 13.0 Å². The van der Waals surface area contributed by atoms with Crippen LogP contribution in [0.3, 0.4) is 0 Å². The smallest absolute Gasteiger partial charge is 0.227 e. The lowest BCUT2D eigenvalue weighted by atomic mass is 9.95. The summed E-state index contributed by atoms with van der Waals surface area (Å²) in [5.74, 6) is 0.912. The van der Waals surface area contributed by atoms with Crippen LogP contribution in [0.2, 0.25) is 0 Å². The van der Waals surface area contributed by atoms with Crippen LogP contribution in [0, 0.1) is 5.92 Å². The molecule has 1 aromatic heterocycles. The molecule has 122 valence electrons. The van der Waals surface area contributed by atoms with Crippen molar-refractivity contribution >= 4 is 5.91 Å². The van der Waals surface area contributed by atoms with E-state index < -0.39 is 0 Å². The Morgan fingerprint density at radius 2 is 2.17 bits per heavy atom. The minimum absolute atomic E-state index is 0.0950. The van der Waals surface area contributed by atoms with Gasteiger partial charge in [0, 0.05) is 25.0 Å². The molecule has 4 nitrogen and oxygen atoms in total. The van der Waals surface area contributed by atoms with Gasteiger partial charge in [-0.1, -0.05) is 18.2 Å². The van der Waals surface area contributed by atoms with Gasteiger partial charge in [0.25, 0.3) is 0 Å². The van der Waals surface area contributed by atoms with Crippen molar-refractivity contribution in [3.05, 3.63) is 53.9 Å². The fraction of sp³-hybridized carbons (Fsp3) is 0.421. The van der Waals surface area contributed by atoms with Gasteiger partial charge in [0.15, 0.2) is 0 Å². The Kier molecular flexibility index (Phi) is 4.70. The van der Waals surface area contributed by atoms with Crippen molar-refractivity contribution in [3.8, 4) is 5.75 Å². The molecule has 1 N–H and O–H groups in total. The lowest BCUT2D eigenvalue weighted by molar-refractivity contribution is -0.126. The maximum absolute atomic E-state index is 12.5. The molecule has 2 atom stereocenters. The number of fused-ring (bicyclic) bond motifs is 1. The molecule has 0 spiro atoms. The topological polar surface area (TPSA) is 43.3 Å². The average molecular weight is 312 g/mol. The molecule has 23 heavy (non-hydrogen) atoms. The Labute approximate surface area is 137 Å². The molecule has 1 aromatic carbocycles. The fourth-order valence-electron chi connectivity index (χ4n) is 3.05. The molecule has 0 saturated carbocycles. The Bertz CT molecular complexity index is 678. The number of para-hydroxylation sites is 1. The third kappa shape index (κ3) is 3.76. The van der Waals surface area contributed by atoms with Gasteiger partial charge in [0.05, 0.1) is 5.92 Å². The highest BCUT2D eigenvalue weighted by atomic mass is 16.5. The second-order valence-electron chi connectivity index (χ2n) is 6.38. The molecule has 4 heteroatoms. The zero-order chi connectivity index (χ0) is 16.2. The number of amides is 1. The molecule has 0 fully saturated rings. The first kappa shape index (κ1) is 15.7. The molecule has 1 aliphatic rings. The van der Waals surface area contributed by atoms with Crippen LogP contribution in [0.25, 0.3) is 0 Å². The van der Waals surface area contributed by atoms with Crippen LogP contribution >= 0.6 is 0 Å². The number of nitrogens with one attached hydrogen (secondary N) is 1. The third-order valence-electron chi connectivity index (χ3n) is 4.52. The van der Waals surface area contributed by atoms with Crippen LogP contribution in [-0.4, -0.2) is 23.1 Å². The highest BCUT2D eigenvalue weighted by molar-refractivity contribution is 5.79. The summed E-state index contributed by atoms with van der Waals surface area (Å²) in [4.78, 5) is 12.5. The number of benzene rings is 1. The Morgan fingerprint density at radius 1 is 1.35 bits per heavy atom. The van der Waals surface area contributed by atoms with Gasteiger partial charge < -0.3 is 14.6 Å². The second kappa shape index (κ2) is 6.90. The van der Waals surface area contributed by atoms with Crippen LogP contribution in [0.1, 0.15) is 24.6 Å². The number of rotatable bonds is 5. The van der Waals surface area contributed by atoms with Crippen LogP contribution in [0.15, 0.2) is 42.6 Å². The first-order valence-corrected chi connectivity index (χ1v) is 8.25. The fourth-order valence-corrected chi connectivity index (χ4v) is 3.05. The largest absolute Gasteiger partial charge is 0.492 e. The summed E-state index contributed by atoms with van der Waals surface area (Å²) in [6, 6.07) is 12.3. The van der Waals surface area contributed by atoms with Gasteiger partial charge in [-0.15, -0.1) is 0 Å². The van der Waals surface area contributed by atoms with Crippen molar-refractivity contribution in [1.82, 2.24) is 9.88 Å². The van der Waals surface area contributed by atoms with Crippen molar-refractivity contribution in [1.29, 1.82) is 0 Å². The molecule has 1 amide bonds. The van der Waals surface area contributed by atoms with Gasteiger partial charge >= 0.3 is 0 Å². The van der Waals surface area contributed by atoms with Crippen molar-refractivity contribution in [3.63, 3.8) is 0 Å². The Balaban J connectivity index is 1.50. The lowest BCUT2D eigenvalue weighted by Gasteiger charge is -2.26. The Hall–Kier alpha value is -2.23. The summed E-state index contributed by atoms with van der Waals surface area (Å²) in [5.41, 5.74) is 2.41. The quantitative estimate of drug-likeness (QED) is 0.922. The number of ether oxygens (including phenoxy) is 1. The standard InChI is InChI=1S/C19H24N2O2/c1-14(9-10-17-7-5-11-21(17)2)20-19(22)16-12-15-6-3-4-8-18(15)23-13-16/h3-8,11,14,16H,9-10,12-13H2,1-2H3,(H,20,22)/t14-,16-/m0/s1. The predicted molar refractivity (Wildman–Crippen MR) is 90.5 cm³/mol. The van der Waals surface area contributed by atoms with Crippen LogP contribution in [-0.2, 0) is 24.7 Å². The van der Waals surface area contributed by atoms with Gasteiger partial charge in [-0.2, -0.15) is 0 Å². The number of hydrogen-bond acceptors (Lipinski definition) is 2. The van der Waals surface area contributed by atoms with Crippen LogP contribution in [0.5, 0.6) is 5.75 Å². The number of carbonyl (C=O) groups excluding carboxylic acids is 1. The molecule has 3 rings (SSSR count). The first-order chi connectivity index (χ1) is 11.1. The summed E-state index contributed by atoms with van der Waals surface area (Å²) < 4.78 is 7.83. The van der Waals surface area contributed by atoms with E-state index in [1.807, 2.05) is 24.3 Å². The molecular weight excluding hydrogens is 288 g/mol. The third-order valence-corrected chi connectivity index (χ3v) is 4.52. The summed E-state index contributed by atoms with van der Waals surface area (Å²) >= 11 is 0. The average Bonchev–Trinajstić information content (AvgIpc) is 2.97. The molecule has 0 bridgehead atoms. The van der Waals surface area contributed by atoms with E-state index in [-0.39, 0.29) is 17.9 Å². The van der Waals surface area contributed by atoms with E-state index >= 15 is 0 Å². The zero-order valence-electron chi connectivity index (χ0n) is 13.8. The summed E-state index contributed by atoms with van der Waals surface area (Å²) in [7, 11) is 2.05. The number of nitrogens with zero attached hydrogens (tertiary/aromatic N) is 1. The monoisotopic (exact) mass is 312 g/mol. The van der Waals surface area contributed by atoms with E-state index in [0.29, 0.717) is 6.61 Å². The minimum atomic E-state index is -0.0950. The molecule has 0 unspecified atom stereocenters. The Morgan fingerprint density at radius 3 is 2.96 bits per heavy atom. The normalized spacial score (nSPS) is 17.9. The molecular formula is C19H24N2O2. The predicted octanol–water partition coefficient (Wildman–Crippen LogP) is 2.71. The number of hydrogen-bond donors (Lipinski definition) is 1. The lowest BCUT2D eigenvalue weighted by Crippen LogP contribution is -2.41. The number of aryl methyl sites for hydroxylation is 2.